The molecule has 92 heavy (non-hydrogen) atoms. The fourth-order valence-electron chi connectivity index (χ4n) is 15.0. The Hall–Kier alpha value is -8.45. The fraction of sp³-hybridized carbons (Fsp3) is 0.346. The Morgan fingerprint density at radius 2 is 0.707 bits per heavy atom. The van der Waals surface area contributed by atoms with Crippen molar-refractivity contribution in [2.75, 3.05) is 54.4 Å². The minimum Gasteiger partial charge on any atom is -0.344 e. The van der Waals surface area contributed by atoms with Crippen LogP contribution in [0.15, 0.2) is 177 Å². The van der Waals surface area contributed by atoms with Crippen molar-refractivity contribution in [3.05, 3.63) is 266 Å². The van der Waals surface area contributed by atoms with E-state index in [1.54, 1.807) is 11.3 Å². The molecule has 4 aliphatic heterocycles. The summed E-state index contributed by atoms with van der Waals surface area (Å²) in [6.45, 7) is 21.7. The van der Waals surface area contributed by atoms with Crippen LogP contribution in [0.5, 0.6) is 0 Å². The minimum absolute atomic E-state index is 1.03. The van der Waals surface area contributed by atoms with Crippen LogP contribution in [0.4, 0.5) is 0 Å². The number of likely N-dealkylation sites (N-methyl/N-ethyl adjacent to an activating group) is 4. The summed E-state index contributed by atoms with van der Waals surface area (Å²) in [5.74, 6) is 0. The highest BCUT2D eigenvalue weighted by Crippen LogP contribution is 2.36. The molecule has 11 nitrogen and oxygen atoms in total. The van der Waals surface area contributed by atoms with Crippen molar-refractivity contribution in [1.29, 1.82) is 0 Å². The molecule has 0 aliphatic carbocycles. The predicted molar refractivity (Wildman–Crippen MR) is 381 cm³/mol. The normalized spacial score (nSPS) is 15.0. The molecule has 0 N–H and O–H groups in total. The molecule has 0 radical (unpaired) electrons. The van der Waals surface area contributed by atoms with Gasteiger partial charge in [0.05, 0.1) is 0 Å². The van der Waals surface area contributed by atoms with Gasteiger partial charge in [-0.15, -0.1) is 0 Å². The number of para-hydroxylation sites is 1. The number of hydrogen-bond donors (Lipinski definition) is 0. The van der Waals surface area contributed by atoms with Gasteiger partial charge >= 0.3 is 0 Å². The Bertz CT molecular complexity index is 4130. The van der Waals surface area contributed by atoms with Gasteiger partial charge < -0.3 is 37.9 Å². The first-order chi connectivity index (χ1) is 44.9. The summed E-state index contributed by atoms with van der Waals surface area (Å²) in [5.41, 5.74) is 28.4. The van der Waals surface area contributed by atoms with Crippen molar-refractivity contribution in [2.45, 2.75) is 131 Å². The quantitative estimate of drug-likeness (QED) is 0.121. The zero-order valence-electron chi connectivity index (χ0n) is 55.8. The Morgan fingerprint density at radius 1 is 0.326 bits per heavy atom. The molecule has 11 heteroatoms. The average Bonchev–Trinajstić information content (AvgIpc) is 1.66. The minimum atomic E-state index is 1.03. The van der Waals surface area contributed by atoms with Gasteiger partial charge in [-0.25, -0.2) is 0 Å². The number of fused-ring (bicyclic) bond motifs is 12. The molecule has 0 spiro atoms. The van der Waals surface area contributed by atoms with E-state index in [1.807, 2.05) is 44.0 Å². The summed E-state index contributed by atoms with van der Waals surface area (Å²) in [5, 5.41) is 5.77. The van der Waals surface area contributed by atoms with Gasteiger partial charge in [-0.1, -0.05) is 95.6 Å². The lowest BCUT2D eigenvalue weighted by atomic mass is 10.0. The van der Waals surface area contributed by atoms with Crippen LogP contribution in [-0.4, -0.2) is 107 Å². The average molecular weight is 1220 g/mol. The van der Waals surface area contributed by atoms with Crippen LogP contribution in [0.25, 0.3) is 43.6 Å². The predicted octanol–water partition coefficient (Wildman–Crippen LogP) is 14.9. The zero-order chi connectivity index (χ0) is 63.2. The Balaban J connectivity index is 0.000000112. The van der Waals surface area contributed by atoms with Gasteiger partial charge in [0, 0.05) is 207 Å². The number of hydrogen-bond acceptors (Lipinski definition) is 7. The maximum absolute atomic E-state index is 4.42. The monoisotopic (exact) mass is 1220 g/mol. The van der Waals surface area contributed by atoms with Crippen molar-refractivity contribution in [3.63, 3.8) is 0 Å². The van der Waals surface area contributed by atoms with Gasteiger partial charge in [-0.05, 0) is 193 Å². The van der Waals surface area contributed by atoms with Crippen molar-refractivity contribution in [3.8, 4) is 0 Å². The molecule has 4 aliphatic rings. The van der Waals surface area contributed by atoms with Crippen LogP contribution in [0.2, 0.25) is 0 Å². The van der Waals surface area contributed by atoms with Crippen LogP contribution in [0.1, 0.15) is 89.7 Å². The van der Waals surface area contributed by atoms with E-state index in [1.165, 1.54) is 116 Å². The molecular weight excluding hydrogens is 1130 g/mol. The molecule has 5 aromatic carbocycles. The number of aryl methyl sites for hydroxylation is 12. The molecule has 0 bridgehead atoms. The van der Waals surface area contributed by atoms with Gasteiger partial charge in [-0.3, -0.25) is 15.0 Å². The SMILES string of the molecule is Cc1ccc(CCn2c3c(c4ccccc42)CN(C)CC3)cn1.Cc1ccc2c(c1)c1c(n2CCc2ccccc2)CCN(C)C1.Cc1ccc2c(c1)c1c(n2CCc2cccnc2)CCN(C)C1.Cc1ccc2c(c1)c1c(n2CCc2ccncc2)CCN(C)C1. The third-order valence-corrected chi connectivity index (χ3v) is 19.9. The summed E-state index contributed by atoms with van der Waals surface area (Å²) < 4.78 is 10.2. The smallest absolute Gasteiger partial charge is 0.0486 e. The molecule has 11 heterocycles. The van der Waals surface area contributed by atoms with E-state index in [0.717, 1.165) is 136 Å². The van der Waals surface area contributed by atoms with E-state index in [2.05, 4.69) is 241 Å². The fourth-order valence-corrected chi connectivity index (χ4v) is 15.0. The van der Waals surface area contributed by atoms with Gasteiger partial charge in [0.2, 0.25) is 0 Å². The highest BCUT2D eigenvalue weighted by Gasteiger charge is 2.26. The summed E-state index contributed by atoms with van der Waals surface area (Å²) in [6, 6.07) is 53.1. The molecule has 0 unspecified atom stereocenters. The number of benzene rings is 5. The van der Waals surface area contributed by atoms with E-state index in [-0.39, 0.29) is 0 Å². The lowest BCUT2D eigenvalue weighted by Crippen LogP contribution is -2.27. The summed E-state index contributed by atoms with van der Waals surface area (Å²) in [7, 11) is 8.88. The molecule has 472 valence electrons. The van der Waals surface area contributed by atoms with Gasteiger partial charge in [0.1, 0.15) is 0 Å². The van der Waals surface area contributed by atoms with E-state index in [9.17, 15) is 0 Å². The first kappa shape index (κ1) is 62.4. The number of pyridine rings is 3. The maximum Gasteiger partial charge on any atom is 0.0486 e. The first-order valence-electron chi connectivity index (χ1n) is 33.8. The summed E-state index contributed by atoms with van der Waals surface area (Å²) in [6.07, 6.45) is 18.4. The van der Waals surface area contributed by atoms with Gasteiger partial charge in [0.15, 0.2) is 0 Å². The molecule has 7 aromatic heterocycles. The van der Waals surface area contributed by atoms with E-state index in [4.69, 9.17) is 0 Å². The Kier molecular flexibility index (Phi) is 19.1. The van der Waals surface area contributed by atoms with Crippen molar-refractivity contribution in [1.82, 2.24) is 52.8 Å². The van der Waals surface area contributed by atoms with Gasteiger partial charge in [0.25, 0.3) is 0 Å². The Labute approximate surface area is 545 Å². The van der Waals surface area contributed by atoms with Crippen LogP contribution in [0.3, 0.4) is 0 Å². The second-order valence-corrected chi connectivity index (χ2v) is 26.8. The van der Waals surface area contributed by atoms with Crippen molar-refractivity contribution in [2.24, 2.45) is 0 Å². The third kappa shape index (κ3) is 13.8. The van der Waals surface area contributed by atoms with Crippen LogP contribution < -0.4 is 0 Å². The van der Waals surface area contributed by atoms with Gasteiger partial charge in [-0.2, -0.15) is 0 Å². The highest BCUT2D eigenvalue weighted by atomic mass is 15.1. The molecule has 0 saturated carbocycles. The maximum atomic E-state index is 4.42. The summed E-state index contributed by atoms with van der Waals surface area (Å²) >= 11 is 0. The lowest BCUT2D eigenvalue weighted by Gasteiger charge is -2.24. The van der Waals surface area contributed by atoms with Crippen LogP contribution in [0, 0.1) is 27.7 Å². The molecule has 0 amide bonds. The third-order valence-electron chi connectivity index (χ3n) is 19.9. The van der Waals surface area contributed by atoms with Crippen LogP contribution in [-0.2, 0) is 104 Å². The molecule has 0 fully saturated rings. The number of rotatable bonds is 12. The summed E-state index contributed by atoms with van der Waals surface area (Å²) in [4.78, 5) is 22.5. The highest BCUT2D eigenvalue weighted by molar-refractivity contribution is 5.89. The first-order valence-corrected chi connectivity index (χ1v) is 33.8. The molecule has 0 atom stereocenters. The van der Waals surface area contributed by atoms with E-state index in [0.29, 0.717) is 0 Å². The van der Waals surface area contributed by atoms with Crippen molar-refractivity contribution >= 4 is 43.6 Å². The number of nitrogens with zero attached hydrogens (tertiary/aromatic N) is 11. The molecular formula is C81H93N11. The zero-order valence-corrected chi connectivity index (χ0v) is 55.8. The largest absolute Gasteiger partial charge is 0.344 e. The standard InChI is InChI=1S/C21H24N2.3C20H23N3/c1-16-8-9-20-18(14-16)19-15-22(2)12-11-21(19)23(20)13-10-17-6-4-3-5-7-17;1-15-3-4-19-17(13-15)18-14-22(2)11-8-20(18)23(19)12-7-16-5-9-21-10-6-16;1-15-5-6-19-17(12-15)18-14-22(2)10-8-20(18)23(19)11-7-16-4-3-9-21-13-16;1-15-7-8-16(13-21-15)9-12-23-19-6-4-3-5-17(19)18-14-22(2)11-10-20(18)23/h3-9,14H,10-13,15H2,1-2H3;3-6,9-10,13H,7-8,11-12,14H2,1-2H3;3-6,9,12-13H,7-8,10-11,14H2,1-2H3;3-8,13H,9-12,14H2,1-2H3. The molecule has 12 aromatic rings. The lowest BCUT2D eigenvalue weighted by molar-refractivity contribution is 0.309. The molecule has 16 rings (SSSR count). The molecule has 0 saturated heterocycles. The number of aromatic nitrogens is 7. The Morgan fingerprint density at radius 3 is 1.13 bits per heavy atom. The van der Waals surface area contributed by atoms with E-state index >= 15 is 0 Å². The van der Waals surface area contributed by atoms with Crippen LogP contribution >= 0.6 is 0 Å². The van der Waals surface area contributed by atoms with E-state index < -0.39 is 0 Å². The second-order valence-electron chi connectivity index (χ2n) is 26.8. The second kappa shape index (κ2) is 28.2. The van der Waals surface area contributed by atoms with Crippen molar-refractivity contribution < 1.29 is 0 Å². The topological polar surface area (TPSA) is 71.4 Å².